The van der Waals surface area contributed by atoms with Crippen LogP contribution in [0.5, 0.6) is 0 Å². The van der Waals surface area contributed by atoms with Crippen LogP contribution in [0.2, 0.25) is 0 Å². The van der Waals surface area contributed by atoms with Gasteiger partial charge in [0.05, 0.1) is 10.8 Å². The number of rotatable bonds is 8. The molecule has 3 amide bonds. The topological polar surface area (TPSA) is 108 Å². The maximum atomic E-state index is 12.3. The van der Waals surface area contributed by atoms with E-state index in [-0.39, 0.29) is 10.6 Å². The Morgan fingerprint density at radius 1 is 1.22 bits per heavy atom. The second kappa shape index (κ2) is 9.90. The van der Waals surface area contributed by atoms with E-state index in [0.29, 0.717) is 18.1 Å². The van der Waals surface area contributed by atoms with Crippen LogP contribution in [0.25, 0.3) is 0 Å². The Morgan fingerprint density at radius 2 is 1.85 bits per heavy atom. The number of carbonyl (C=O) groups is 2. The summed E-state index contributed by atoms with van der Waals surface area (Å²) < 4.78 is 61.7. The quantitative estimate of drug-likeness (QED) is 0.609. The highest BCUT2D eigenvalue weighted by atomic mass is 32.2. The number of thioether (sulfide) groups is 1. The molecule has 13 heteroatoms. The first-order valence-corrected chi connectivity index (χ1v) is 10.2. The lowest BCUT2D eigenvalue weighted by Gasteiger charge is -2.18. The van der Waals surface area contributed by atoms with Gasteiger partial charge in [-0.1, -0.05) is 25.6 Å². The maximum absolute atomic E-state index is 12.3. The van der Waals surface area contributed by atoms with E-state index >= 15 is 0 Å². The molecule has 1 aromatic heterocycles. The summed E-state index contributed by atoms with van der Waals surface area (Å²) in [5.41, 5.74) is 0. The first-order valence-electron chi connectivity index (χ1n) is 7.73. The number of nitrogens with one attached hydrogen (secondary N) is 2. The fraction of sp³-hybridized carbons (Fsp3) is 0.500. The summed E-state index contributed by atoms with van der Waals surface area (Å²) in [5, 5.41) is 3.57. The van der Waals surface area contributed by atoms with E-state index in [1.165, 1.54) is 21.8 Å². The number of imide groups is 1. The molecule has 0 spiro atoms. The van der Waals surface area contributed by atoms with Gasteiger partial charge in [-0.15, -0.1) is 0 Å². The number of alkyl halides is 3. The monoisotopic (exact) mass is 428 g/mol. The van der Waals surface area contributed by atoms with Gasteiger partial charge in [0.1, 0.15) is 11.4 Å². The summed E-state index contributed by atoms with van der Waals surface area (Å²) in [6.45, 7) is 2.49. The first-order chi connectivity index (χ1) is 12.5. The fourth-order valence-corrected chi connectivity index (χ4v) is 3.89. The number of urea groups is 1. The minimum absolute atomic E-state index is 0.00605. The third kappa shape index (κ3) is 7.72. The van der Waals surface area contributed by atoms with E-state index in [2.05, 4.69) is 4.98 Å². The predicted octanol–water partition coefficient (Wildman–Crippen LogP) is 1.59. The molecule has 0 aliphatic heterocycles. The lowest BCUT2D eigenvalue weighted by atomic mass is 10.5. The Morgan fingerprint density at radius 3 is 2.33 bits per heavy atom. The van der Waals surface area contributed by atoms with E-state index in [1.54, 1.807) is 19.2 Å². The number of sulfonamides is 1. The molecule has 152 valence electrons. The summed E-state index contributed by atoms with van der Waals surface area (Å²) in [6.07, 6.45) is -3.42. The van der Waals surface area contributed by atoms with Crippen LogP contribution < -0.4 is 10.6 Å². The third-order valence-electron chi connectivity index (χ3n) is 3.11. The van der Waals surface area contributed by atoms with Crippen LogP contribution in [0.4, 0.5) is 18.0 Å². The number of nitrogens with zero attached hydrogens (tertiary/aromatic N) is 2. The minimum atomic E-state index is -4.58. The lowest BCUT2D eigenvalue weighted by molar-refractivity contribution is -0.124. The van der Waals surface area contributed by atoms with Gasteiger partial charge in [0.15, 0.2) is 0 Å². The van der Waals surface area contributed by atoms with Crippen LogP contribution in [0.1, 0.15) is 13.8 Å². The summed E-state index contributed by atoms with van der Waals surface area (Å²) in [4.78, 5) is 26.6. The van der Waals surface area contributed by atoms with Crippen LogP contribution in [-0.2, 0) is 14.8 Å². The molecule has 8 nitrogen and oxygen atoms in total. The molecule has 0 aliphatic rings. The molecular weight excluding hydrogens is 409 g/mol. The molecule has 0 fully saturated rings. The number of aromatic nitrogens is 1. The zero-order chi connectivity index (χ0) is 20.7. The summed E-state index contributed by atoms with van der Waals surface area (Å²) in [6, 6.07) is 1.49. The van der Waals surface area contributed by atoms with Gasteiger partial charge in [-0.05, 0) is 12.1 Å². The molecule has 2 N–H and O–H groups in total. The van der Waals surface area contributed by atoms with Crippen molar-refractivity contribution in [2.75, 3.05) is 25.4 Å². The molecule has 0 bridgehead atoms. The van der Waals surface area contributed by atoms with Crippen molar-refractivity contribution in [3.63, 3.8) is 0 Å². The zero-order valence-electron chi connectivity index (χ0n) is 14.5. The van der Waals surface area contributed by atoms with Crippen LogP contribution in [0, 0.1) is 0 Å². The number of halogens is 3. The van der Waals surface area contributed by atoms with Gasteiger partial charge in [-0.3, -0.25) is 10.1 Å². The normalized spacial score (nSPS) is 12.1. The van der Waals surface area contributed by atoms with E-state index in [0.717, 1.165) is 18.0 Å². The number of carbonyl (C=O) groups excluding carboxylic acids is 2. The second-order valence-electron chi connectivity index (χ2n) is 5.06. The van der Waals surface area contributed by atoms with Crippen molar-refractivity contribution >= 4 is 33.7 Å². The van der Waals surface area contributed by atoms with Crippen molar-refractivity contribution in [2.24, 2.45) is 0 Å². The summed E-state index contributed by atoms with van der Waals surface area (Å²) in [7, 11) is -3.65. The van der Waals surface area contributed by atoms with Crippen LogP contribution in [0.15, 0.2) is 28.3 Å². The number of amides is 3. The summed E-state index contributed by atoms with van der Waals surface area (Å²) >= 11 is 0.900. The molecule has 0 saturated heterocycles. The third-order valence-corrected chi connectivity index (χ3v) is 6.08. The molecule has 0 atom stereocenters. The molecule has 0 aliphatic carbocycles. The van der Waals surface area contributed by atoms with Gasteiger partial charge in [0, 0.05) is 19.3 Å². The molecule has 0 radical (unpaired) electrons. The van der Waals surface area contributed by atoms with Crippen molar-refractivity contribution < 1.29 is 31.2 Å². The second-order valence-corrected chi connectivity index (χ2v) is 7.99. The van der Waals surface area contributed by atoms with E-state index < -0.39 is 34.7 Å². The molecule has 0 aromatic carbocycles. The minimum Gasteiger partial charge on any atom is -0.329 e. The average Bonchev–Trinajstić information content (AvgIpc) is 2.59. The van der Waals surface area contributed by atoms with Crippen LogP contribution in [-0.4, -0.2) is 61.2 Å². The maximum Gasteiger partial charge on any atom is 0.405 e. The highest BCUT2D eigenvalue weighted by molar-refractivity contribution is 7.99. The molecule has 1 rings (SSSR count). The number of hydrogen-bond donors (Lipinski definition) is 2. The molecule has 0 unspecified atom stereocenters. The van der Waals surface area contributed by atoms with Gasteiger partial charge in [-0.2, -0.15) is 17.5 Å². The fourth-order valence-electron chi connectivity index (χ4n) is 1.84. The van der Waals surface area contributed by atoms with Gasteiger partial charge in [-0.25, -0.2) is 18.2 Å². The average molecular weight is 428 g/mol. The smallest absolute Gasteiger partial charge is 0.329 e. The SMILES string of the molecule is CCN(CC)S(=O)(=O)c1ccc(SCC(=O)NC(=O)NCC(F)(F)F)nc1. The Bertz CT molecular complexity index is 751. The standard InChI is InChI=1S/C14H19F3N4O4S2/c1-3-21(4-2)27(24,25)10-5-6-12(18-7-10)26-8-11(22)20-13(23)19-9-14(15,16)17/h5-7H,3-4,8-9H2,1-2H3,(H2,19,20,22,23). The highest BCUT2D eigenvalue weighted by Crippen LogP contribution is 2.19. The predicted molar refractivity (Wildman–Crippen MR) is 92.7 cm³/mol. The number of hydrogen-bond acceptors (Lipinski definition) is 6. The van der Waals surface area contributed by atoms with Crippen molar-refractivity contribution in [1.82, 2.24) is 19.9 Å². The van der Waals surface area contributed by atoms with Gasteiger partial charge in [0.2, 0.25) is 15.9 Å². The Labute approximate surface area is 158 Å². The molecule has 27 heavy (non-hydrogen) atoms. The summed E-state index contributed by atoms with van der Waals surface area (Å²) in [5.74, 6) is -1.10. The molecule has 1 heterocycles. The Kier molecular flexibility index (Phi) is 8.50. The van der Waals surface area contributed by atoms with Crippen molar-refractivity contribution in [1.29, 1.82) is 0 Å². The van der Waals surface area contributed by atoms with Crippen molar-refractivity contribution in [3.05, 3.63) is 18.3 Å². The highest BCUT2D eigenvalue weighted by Gasteiger charge is 2.28. The van der Waals surface area contributed by atoms with Crippen molar-refractivity contribution in [2.45, 2.75) is 29.9 Å². The number of pyridine rings is 1. The van der Waals surface area contributed by atoms with E-state index in [9.17, 15) is 31.2 Å². The molecule has 1 aromatic rings. The zero-order valence-corrected chi connectivity index (χ0v) is 16.2. The van der Waals surface area contributed by atoms with E-state index in [4.69, 9.17) is 0 Å². The van der Waals surface area contributed by atoms with Gasteiger partial charge in [0.25, 0.3) is 0 Å². The first kappa shape index (κ1) is 23.2. The molecular formula is C14H19F3N4O4S2. The van der Waals surface area contributed by atoms with Crippen molar-refractivity contribution in [3.8, 4) is 0 Å². The largest absolute Gasteiger partial charge is 0.405 e. The van der Waals surface area contributed by atoms with Crippen LogP contribution >= 0.6 is 11.8 Å². The van der Waals surface area contributed by atoms with E-state index in [1.807, 2.05) is 0 Å². The molecule has 0 saturated carbocycles. The lowest BCUT2D eigenvalue weighted by Crippen LogP contribution is -2.43. The van der Waals surface area contributed by atoms with Crippen LogP contribution in [0.3, 0.4) is 0 Å². The van der Waals surface area contributed by atoms with Gasteiger partial charge < -0.3 is 5.32 Å². The Balaban J connectivity index is 2.57. The Hall–Kier alpha value is -1.86. The van der Waals surface area contributed by atoms with Gasteiger partial charge >= 0.3 is 12.2 Å².